The molecule has 1 aliphatic rings. The number of likely N-dealkylation sites (tertiary alicyclic amines) is 1. The largest absolute Gasteiger partial charge is 0.397 e. The third-order valence-corrected chi connectivity index (χ3v) is 4.96. The second-order valence-electron chi connectivity index (χ2n) is 7.01. The molecule has 3 rings (SSSR count). The molecule has 5 heteroatoms. The highest BCUT2D eigenvalue weighted by atomic mass is 16.1. The van der Waals surface area contributed by atoms with Gasteiger partial charge in [-0.1, -0.05) is 84.5 Å². The van der Waals surface area contributed by atoms with Gasteiger partial charge < -0.3 is 16.0 Å². The van der Waals surface area contributed by atoms with Crippen LogP contribution in [0.2, 0.25) is 0 Å². The van der Waals surface area contributed by atoms with Crippen LogP contribution in [0, 0.1) is 12.8 Å². The van der Waals surface area contributed by atoms with Crippen molar-refractivity contribution in [3.8, 4) is 24.1 Å². The minimum atomic E-state index is -0.339. The van der Waals surface area contributed by atoms with Crippen LogP contribution in [0.25, 0.3) is 11.3 Å². The first-order valence-electron chi connectivity index (χ1n) is 13.3. The maximum Gasteiger partial charge on any atom is 0.276 e. The van der Waals surface area contributed by atoms with Crippen LogP contribution in [-0.4, -0.2) is 28.9 Å². The third-order valence-electron chi connectivity index (χ3n) is 4.96. The Balaban J connectivity index is 0. The van der Waals surface area contributed by atoms with Crippen molar-refractivity contribution in [3.63, 3.8) is 0 Å². The van der Waals surface area contributed by atoms with Crippen LogP contribution in [0.5, 0.6) is 0 Å². The van der Waals surface area contributed by atoms with Gasteiger partial charge in [0.2, 0.25) is 0 Å². The molecule has 202 valence electrons. The van der Waals surface area contributed by atoms with Gasteiger partial charge in [-0.05, 0) is 50.5 Å². The molecule has 0 atom stereocenters. The van der Waals surface area contributed by atoms with E-state index in [0.29, 0.717) is 17.1 Å². The number of aromatic nitrogens is 1. The summed E-state index contributed by atoms with van der Waals surface area (Å²) in [5.41, 5.74) is 9.90. The van der Waals surface area contributed by atoms with Gasteiger partial charge in [0.1, 0.15) is 0 Å². The average Bonchev–Trinajstić information content (AvgIpc) is 3.00. The number of nitrogen functional groups attached to an aromatic ring is 1. The molecule has 0 unspecified atom stereocenters. The maximum atomic E-state index is 13.0. The van der Waals surface area contributed by atoms with E-state index in [9.17, 15) is 4.79 Å². The Hall–Kier alpha value is -3.78. The second-order valence-corrected chi connectivity index (χ2v) is 7.01. The monoisotopic (exact) mass is 504 g/mol. The first kappa shape index (κ1) is 35.4. The van der Waals surface area contributed by atoms with Gasteiger partial charge in [0.05, 0.1) is 22.8 Å². The summed E-state index contributed by atoms with van der Waals surface area (Å²) < 4.78 is 0. The maximum absolute atomic E-state index is 13.0. The lowest BCUT2D eigenvalue weighted by Gasteiger charge is -2.31. The number of rotatable bonds is 6. The van der Waals surface area contributed by atoms with Crippen molar-refractivity contribution in [2.45, 2.75) is 67.7 Å². The SMILES string of the molecule is C#C.C=C/C(NC(=O)c1nc(-c2ccccc2)ccc1N)=C(\C=C/C)N1CCCCC1.CC.CC.CC. The lowest BCUT2D eigenvalue weighted by atomic mass is 10.1. The van der Waals surface area contributed by atoms with Crippen LogP contribution in [0.3, 0.4) is 0 Å². The van der Waals surface area contributed by atoms with Crippen LogP contribution in [0.15, 0.2) is 78.7 Å². The fourth-order valence-electron chi connectivity index (χ4n) is 3.48. The fourth-order valence-corrected chi connectivity index (χ4v) is 3.48. The molecule has 1 aliphatic heterocycles. The van der Waals surface area contributed by atoms with Crippen molar-refractivity contribution in [1.82, 2.24) is 15.2 Å². The highest BCUT2D eigenvalue weighted by molar-refractivity contribution is 5.99. The molecule has 2 aromatic rings. The van der Waals surface area contributed by atoms with E-state index < -0.39 is 0 Å². The van der Waals surface area contributed by atoms with E-state index >= 15 is 0 Å². The Morgan fingerprint density at radius 1 is 0.973 bits per heavy atom. The van der Waals surface area contributed by atoms with Crippen molar-refractivity contribution in [2.75, 3.05) is 18.8 Å². The number of nitrogens with zero attached hydrogens (tertiary/aromatic N) is 2. The molecular formula is C32H48N4O. The van der Waals surface area contributed by atoms with Gasteiger partial charge >= 0.3 is 0 Å². The van der Waals surface area contributed by atoms with Crippen LogP contribution in [-0.2, 0) is 0 Å². The van der Waals surface area contributed by atoms with Gasteiger partial charge in [-0.3, -0.25) is 4.79 Å². The van der Waals surface area contributed by atoms with Crippen molar-refractivity contribution < 1.29 is 4.79 Å². The Labute approximate surface area is 226 Å². The number of piperidine rings is 1. The van der Waals surface area contributed by atoms with Crippen LogP contribution >= 0.6 is 0 Å². The number of carbonyl (C=O) groups is 1. The number of benzene rings is 1. The number of pyridine rings is 1. The molecule has 0 saturated carbocycles. The van der Waals surface area contributed by atoms with E-state index in [-0.39, 0.29) is 11.6 Å². The predicted octanol–water partition coefficient (Wildman–Crippen LogP) is 7.85. The standard InChI is InChI=1S/C24H28N4O.3C2H6.C2H2/c1-3-11-22(28-16-9-6-10-17-28)20(4-2)27-24(29)23-19(25)14-15-21(26-23)18-12-7-5-8-13-18;4*1-2/h3-5,7-8,11-15H,2,6,9-10,16-17,25H2,1H3,(H,27,29);3*1-2H3;1-2H/b11-3-,22-20-;;;;. The number of amides is 1. The van der Waals surface area contributed by atoms with Gasteiger partial charge in [0, 0.05) is 18.7 Å². The van der Waals surface area contributed by atoms with Gasteiger partial charge in [-0.25, -0.2) is 4.98 Å². The Kier molecular flexibility index (Phi) is 21.7. The molecule has 2 heterocycles. The summed E-state index contributed by atoms with van der Waals surface area (Å²) in [6, 6.07) is 13.3. The summed E-state index contributed by atoms with van der Waals surface area (Å²) in [6.45, 7) is 19.8. The molecule has 37 heavy (non-hydrogen) atoms. The summed E-state index contributed by atoms with van der Waals surface area (Å²) in [5, 5.41) is 2.97. The van der Waals surface area contributed by atoms with E-state index in [1.807, 2.05) is 97.0 Å². The van der Waals surface area contributed by atoms with Gasteiger partial charge in [0.15, 0.2) is 5.69 Å². The minimum Gasteiger partial charge on any atom is -0.397 e. The molecule has 1 amide bonds. The summed E-state index contributed by atoms with van der Waals surface area (Å²) in [6.07, 6.45) is 17.2. The van der Waals surface area contributed by atoms with Crippen molar-refractivity contribution in [1.29, 1.82) is 0 Å². The number of nitrogens with two attached hydrogens (primary N) is 1. The summed E-state index contributed by atoms with van der Waals surface area (Å²) in [5.74, 6) is -0.339. The molecule has 1 aromatic heterocycles. The number of nitrogens with one attached hydrogen (secondary N) is 1. The van der Waals surface area contributed by atoms with E-state index in [1.165, 1.54) is 6.42 Å². The van der Waals surface area contributed by atoms with Crippen LogP contribution in [0.4, 0.5) is 5.69 Å². The molecule has 0 aliphatic carbocycles. The van der Waals surface area contributed by atoms with Crippen molar-refractivity contribution in [3.05, 3.63) is 84.4 Å². The molecule has 3 N–H and O–H groups in total. The molecule has 1 saturated heterocycles. The molecule has 0 radical (unpaired) electrons. The normalized spacial score (nSPS) is 12.4. The van der Waals surface area contributed by atoms with Crippen LogP contribution in [0.1, 0.15) is 78.2 Å². The minimum absolute atomic E-state index is 0.212. The molecule has 5 nitrogen and oxygen atoms in total. The molecule has 0 bridgehead atoms. The average molecular weight is 505 g/mol. The summed E-state index contributed by atoms with van der Waals surface area (Å²) >= 11 is 0. The van der Waals surface area contributed by atoms with Crippen molar-refractivity contribution in [2.24, 2.45) is 0 Å². The van der Waals surface area contributed by atoms with Gasteiger partial charge in [-0.2, -0.15) is 0 Å². The van der Waals surface area contributed by atoms with E-state index in [4.69, 9.17) is 5.73 Å². The van der Waals surface area contributed by atoms with Gasteiger partial charge in [-0.15, -0.1) is 12.8 Å². The van der Waals surface area contributed by atoms with Gasteiger partial charge in [0.25, 0.3) is 5.91 Å². The number of allylic oxidation sites excluding steroid dienone is 3. The van der Waals surface area contributed by atoms with E-state index in [0.717, 1.165) is 37.2 Å². The van der Waals surface area contributed by atoms with E-state index in [1.54, 1.807) is 12.1 Å². The van der Waals surface area contributed by atoms with Crippen LogP contribution < -0.4 is 11.1 Å². The predicted molar refractivity (Wildman–Crippen MR) is 163 cm³/mol. The first-order valence-corrected chi connectivity index (χ1v) is 13.3. The molecule has 1 aromatic carbocycles. The van der Waals surface area contributed by atoms with E-state index in [2.05, 4.69) is 34.6 Å². The zero-order valence-electron chi connectivity index (χ0n) is 24.1. The summed E-state index contributed by atoms with van der Waals surface area (Å²) in [7, 11) is 0. The number of hydrogen-bond donors (Lipinski definition) is 2. The zero-order valence-corrected chi connectivity index (χ0v) is 24.1. The Morgan fingerprint density at radius 2 is 1.54 bits per heavy atom. The molecule has 0 spiro atoms. The smallest absolute Gasteiger partial charge is 0.276 e. The zero-order chi connectivity index (χ0) is 28.6. The number of terminal acetylenes is 1. The summed E-state index contributed by atoms with van der Waals surface area (Å²) in [4.78, 5) is 19.8. The Bertz CT molecular complexity index is 969. The quantitative estimate of drug-likeness (QED) is 0.310. The number of carbonyl (C=O) groups excluding carboxylic acids is 1. The number of hydrogen-bond acceptors (Lipinski definition) is 4. The lowest BCUT2D eigenvalue weighted by Crippen LogP contribution is -2.33. The van der Waals surface area contributed by atoms with Crippen molar-refractivity contribution >= 4 is 11.6 Å². The highest BCUT2D eigenvalue weighted by Crippen LogP contribution is 2.22. The highest BCUT2D eigenvalue weighted by Gasteiger charge is 2.18. The third kappa shape index (κ3) is 11.7. The second kappa shape index (κ2) is 22.7. The molecule has 1 fully saturated rings. The molecular weight excluding hydrogens is 456 g/mol. The Morgan fingerprint density at radius 3 is 2.05 bits per heavy atom. The number of anilines is 1. The topological polar surface area (TPSA) is 71.2 Å². The first-order chi connectivity index (χ1) is 18.1. The lowest BCUT2D eigenvalue weighted by molar-refractivity contribution is 0.0962. The fraction of sp³-hybridized carbons (Fsp3) is 0.375.